The van der Waals surface area contributed by atoms with Crippen LogP contribution >= 0.6 is 11.3 Å². The van der Waals surface area contributed by atoms with E-state index >= 15 is 0 Å². The van der Waals surface area contributed by atoms with Crippen LogP contribution in [-0.2, 0) is 0 Å². The molecule has 102 valence electrons. The third-order valence-electron chi connectivity index (χ3n) is 4.33. The van der Waals surface area contributed by atoms with E-state index in [2.05, 4.69) is 39.1 Å². The van der Waals surface area contributed by atoms with Crippen molar-refractivity contribution in [3.63, 3.8) is 0 Å². The highest BCUT2D eigenvalue weighted by atomic mass is 32.1. The number of hydrogen-bond donors (Lipinski definition) is 1. The molecule has 1 saturated carbocycles. The third kappa shape index (κ3) is 2.97. The molecule has 0 aromatic carbocycles. The Kier molecular flexibility index (Phi) is 4.85. The lowest BCUT2D eigenvalue weighted by Gasteiger charge is -2.28. The van der Waals surface area contributed by atoms with Crippen molar-refractivity contribution in [2.24, 2.45) is 11.8 Å². The summed E-state index contributed by atoms with van der Waals surface area (Å²) in [6.07, 6.45) is 5.46. The van der Waals surface area contributed by atoms with Crippen molar-refractivity contribution < 1.29 is 0 Å². The molecule has 0 amide bonds. The van der Waals surface area contributed by atoms with Crippen molar-refractivity contribution in [3.05, 3.63) is 21.4 Å². The summed E-state index contributed by atoms with van der Waals surface area (Å²) < 4.78 is 0. The van der Waals surface area contributed by atoms with E-state index in [0.29, 0.717) is 6.04 Å². The van der Waals surface area contributed by atoms with Crippen LogP contribution in [0.5, 0.6) is 0 Å². The molecule has 1 fully saturated rings. The Bertz CT molecular complexity index is 382. The van der Waals surface area contributed by atoms with Gasteiger partial charge in [-0.1, -0.05) is 26.7 Å². The molecule has 1 aliphatic rings. The Morgan fingerprint density at radius 3 is 2.67 bits per heavy atom. The van der Waals surface area contributed by atoms with Crippen LogP contribution in [0.2, 0.25) is 0 Å². The molecule has 0 radical (unpaired) electrons. The Balaban J connectivity index is 2.21. The minimum Gasteiger partial charge on any atom is -0.309 e. The summed E-state index contributed by atoms with van der Waals surface area (Å²) in [5.41, 5.74) is 1.49. The normalized spacial score (nSPS) is 25.6. The minimum absolute atomic E-state index is 0.598. The van der Waals surface area contributed by atoms with Crippen molar-refractivity contribution in [1.29, 1.82) is 0 Å². The van der Waals surface area contributed by atoms with Gasteiger partial charge in [-0.05, 0) is 56.7 Å². The molecule has 1 aliphatic carbocycles. The van der Waals surface area contributed by atoms with Crippen LogP contribution < -0.4 is 5.32 Å². The monoisotopic (exact) mass is 265 g/mol. The summed E-state index contributed by atoms with van der Waals surface area (Å²) in [7, 11) is 0. The van der Waals surface area contributed by atoms with E-state index < -0.39 is 0 Å². The SMILES string of the molecule is CCCNC(c1sc(C)cc1C)C1CCCC1C. The highest BCUT2D eigenvalue weighted by Gasteiger charge is 2.32. The molecule has 2 heteroatoms. The molecular weight excluding hydrogens is 238 g/mol. The first-order chi connectivity index (χ1) is 8.63. The van der Waals surface area contributed by atoms with E-state index in [1.54, 1.807) is 4.88 Å². The van der Waals surface area contributed by atoms with Gasteiger partial charge in [0.1, 0.15) is 0 Å². The van der Waals surface area contributed by atoms with Gasteiger partial charge in [-0.15, -0.1) is 11.3 Å². The molecule has 2 rings (SSSR count). The average molecular weight is 265 g/mol. The lowest BCUT2D eigenvalue weighted by atomic mass is 9.88. The first-order valence-corrected chi connectivity index (χ1v) is 8.25. The maximum Gasteiger partial charge on any atom is 0.0448 e. The van der Waals surface area contributed by atoms with Crippen molar-refractivity contribution >= 4 is 11.3 Å². The van der Waals surface area contributed by atoms with Crippen LogP contribution in [-0.4, -0.2) is 6.54 Å². The summed E-state index contributed by atoms with van der Waals surface area (Å²) in [6.45, 7) is 10.3. The second kappa shape index (κ2) is 6.21. The fraction of sp³-hybridized carbons (Fsp3) is 0.750. The molecule has 1 heterocycles. The van der Waals surface area contributed by atoms with Crippen LogP contribution in [0, 0.1) is 25.7 Å². The molecule has 18 heavy (non-hydrogen) atoms. The standard InChI is InChI=1S/C16H27NS/c1-5-9-17-15(14-8-6-7-11(14)2)16-12(3)10-13(4)18-16/h10-11,14-15,17H,5-9H2,1-4H3. The number of thiophene rings is 1. The van der Waals surface area contributed by atoms with Crippen LogP contribution in [0.1, 0.15) is 60.9 Å². The van der Waals surface area contributed by atoms with Gasteiger partial charge in [0.25, 0.3) is 0 Å². The number of nitrogens with one attached hydrogen (secondary N) is 1. The van der Waals surface area contributed by atoms with Crippen LogP contribution in [0.4, 0.5) is 0 Å². The lowest BCUT2D eigenvalue weighted by molar-refractivity contribution is 0.305. The molecule has 3 unspecified atom stereocenters. The highest BCUT2D eigenvalue weighted by Crippen LogP contribution is 2.42. The predicted molar refractivity (Wildman–Crippen MR) is 81.3 cm³/mol. The number of aryl methyl sites for hydroxylation is 2. The third-order valence-corrected chi connectivity index (χ3v) is 5.57. The van der Waals surface area contributed by atoms with Gasteiger partial charge in [0.05, 0.1) is 0 Å². The van der Waals surface area contributed by atoms with E-state index in [4.69, 9.17) is 0 Å². The molecule has 1 aromatic rings. The van der Waals surface area contributed by atoms with Crippen LogP contribution in [0.25, 0.3) is 0 Å². The van der Waals surface area contributed by atoms with E-state index in [1.165, 1.54) is 36.1 Å². The predicted octanol–water partition coefficient (Wildman–Crippen LogP) is 4.84. The van der Waals surface area contributed by atoms with Gasteiger partial charge in [0.15, 0.2) is 0 Å². The summed E-state index contributed by atoms with van der Waals surface area (Å²) in [4.78, 5) is 3.05. The zero-order valence-corrected chi connectivity index (χ0v) is 13.1. The Hall–Kier alpha value is -0.340. The molecule has 1 N–H and O–H groups in total. The topological polar surface area (TPSA) is 12.0 Å². The number of rotatable bonds is 5. The quantitative estimate of drug-likeness (QED) is 0.803. The first kappa shape index (κ1) is 14.1. The maximum absolute atomic E-state index is 3.82. The molecule has 1 nitrogen and oxygen atoms in total. The molecule has 3 atom stereocenters. The van der Waals surface area contributed by atoms with Crippen molar-refractivity contribution in [3.8, 4) is 0 Å². The van der Waals surface area contributed by atoms with Gasteiger partial charge in [-0.2, -0.15) is 0 Å². The Morgan fingerprint density at radius 1 is 1.39 bits per heavy atom. The van der Waals surface area contributed by atoms with Gasteiger partial charge in [-0.25, -0.2) is 0 Å². The summed E-state index contributed by atoms with van der Waals surface area (Å²) >= 11 is 2.00. The summed E-state index contributed by atoms with van der Waals surface area (Å²) in [6, 6.07) is 2.95. The van der Waals surface area contributed by atoms with Gasteiger partial charge in [-0.3, -0.25) is 0 Å². The lowest BCUT2D eigenvalue weighted by Crippen LogP contribution is -2.30. The van der Waals surface area contributed by atoms with Crippen molar-refractivity contribution in [2.45, 2.75) is 59.4 Å². The van der Waals surface area contributed by atoms with Gasteiger partial charge in [0, 0.05) is 15.8 Å². The summed E-state index contributed by atoms with van der Waals surface area (Å²) in [5.74, 6) is 1.72. The summed E-state index contributed by atoms with van der Waals surface area (Å²) in [5, 5.41) is 3.82. The van der Waals surface area contributed by atoms with E-state index in [-0.39, 0.29) is 0 Å². The molecule has 0 spiro atoms. The smallest absolute Gasteiger partial charge is 0.0448 e. The van der Waals surface area contributed by atoms with Crippen molar-refractivity contribution in [1.82, 2.24) is 5.32 Å². The van der Waals surface area contributed by atoms with Gasteiger partial charge in [0.2, 0.25) is 0 Å². The van der Waals surface area contributed by atoms with E-state index in [9.17, 15) is 0 Å². The van der Waals surface area contributed by atoms with Crippen LogP contribution in [0.15, 0.2) is 6.07 Å². The maximum atomic E-state index is 3.82. The fourth-order valence-corrected chi connectivity index (χ4v) is 4.56. The fourth-order valence-electron chi connectivity index (χ4n) is 3.38. The second-order valence-electron chi connectivity index (χ2n) is 5.91. The largest absolute Gasteiger partial charge is 0.309 e. The second-order valence-corrected chi connectivity index (χ2v) is 7.20. The zero-order valence-electron chi connectivity index (χ0n) is 12.3. The average Bonchev–Trinajstić information content (AvgIpc) is 2.87. The Morgan fingerprint density at radius 2 is 2.17 bits per heavy atom. The first-order valence-electron chi connectivity index (χ1n) is 7.43. The van der Waals surface area contributed by atoms with E-state index in [0.717, 1.165) is 18.4 Å². The van der Waals surface area contributed by atoms with Gasteiger partial charge < -0.3 is 5.32 Å². The van der Waals surface area contributed by atoms with Crippen molar-refractivity contribution in [2.75, 3.05) is 6.54 Å². The molecule has 0 bridgehead atoms. The van der Waals surface area contributed by atoms with E-state index in [1.807, 2.05) is 11.3 Å². The highest BCUT2D eigenvalue weighted by molar-refractivity contribution is 7.12. The number of hydrogen-bond acceptors (Lipinski definition) is 2. The van der Waals surface area contributed by atoms with Gasteiger partial charge >= 0.3 is 0 Å². The zero-order chi connectivity index (χ0) is 13.1. The Labute approximate surface area is 116 Å². The molecule has 0 aliphatic heterocycles. The molecule has 1 aromatic heterocycles. The van der Waals surface area contributed by atoms with Crippen LogP contribution in [0.3, 0.4) is 0 Å². The molecule has 0 saturated heterocycles. The minimum atomic E-state index is 0.598. The molecular formula is C16H27NS.